The van der Waals surface area contributed by atoms with Crippen molar-refractivity contribution in [3.63, 3.8) is 0 Å². The van der Waals surface area contributed by atoms with Crippen molar-refractivity contribution in [3.8, 4) is 5.75 Å². The molecule has 0 atom stereocenters. The zero-order valence-corrected chi connectivity index (χ0v) is 15.4. The maximum absolute atomic E-state index is 12.4. The molecule has 1 rings (SSSR count). The highest BCUT2D eigenvalue weighted by Gasteiger charge is 2.22. The highest BCUT2D eigenvalue weighted by atomic mass is 79.9. The molecule has 0 spiro atoms. The lowest BCUT2D eigenvalue weighted by Crippen LogP contribution is -2.01. The van der Waals surface area contributed by atoms with Gasteiger partial charge in [-0.05, 0) is 57.4 Å². The number of halogens is 1. The van der Waals surface area contributed by atoms with Crippen LogP contribution in [0, 0.1) is 0 Å². The molecule has 0 fully saturated rings. The van der Waals surface area contributed by atoms with Crippen LogP contribution >= 0.6 is 23.5 Å². The molecule has 0 bridgehead atoms. The van der Waals surface area contributed by atoms with E-state index in [1.54, 1.807) is 0 Å². The number of hydrogen-bond donors (Lipinski definition) is 0. The van der Waals surface area contributed by atoms with Crippen molar-refractivity contribution in [1.29, 1.82) is 0 Å². The van der Waals surface area contributed by atoms with Crippen LogP contribution in [0.2, 0.25) is 0 Å². The number of benzene rings is 1. The second-order valence-corrected chi connectivity index (χ2v) is 7.60. The number of ether oxygens (including phenoxy) is 1. The lowest BCUT2D eigenvalue weighted by molar-refractivity contribution is 0.220. The molecule has 0 heterocycles. The minimum Gasteiger partial charge on any atom is -0.494 e. The number of aryl methyl sites for hydroxylation is 1. The zero-order valence-electron chi connectivity index (χ0n) is 12.9. The van der Waals surface area contributed by atoms with Crippen LogP contribution in [-0.2, 0) is 20.0 Å². The minimum absolute atomic E-state index is 0.405. The normalized spacial score (nSPS) is 11.6. The van der Waals surface area contributed by atoms with Gasteiger partial charge in [0.15, 0.2) is 0 Å². The van der Waals surface area contributed by atoms with E-state index in [-0.39, 0.29) is 0 Å². The topological polar surface area (TPSA) is 44.8 Å². The van der Waals surface area contributed by atoms with Crippen LogP contribution < -0.4 is 4.74 Å². The smallest absolute Gasteiger partial charge is 0.330 e. The van der Waals surface area contributed by atoms with Crippen molar-refractivity contribution in [1.82, 2.24) is 0 Å². The summed E-state index contributed by atoms with van der Waals surface area (Å²) in [5.41, 5.74) is 1.15. The highest BCUT2D eigenvalue weighted by Crippen LogP contribution is 2.48. The van der Waals surface area contributed by atoms with Gasteiger partial charge >= 0.3 is 7.60 Å². The van der Waals surface area contributed by atoms with Gasteiger partial charge in [-0.3, -0.25) is 4.57 Å². The van der Waals surface area contributed by atoms with Crippen molar-refractivity contribution < 1.29 is 18.3 Å². The zero-order chi connectivity index (χ0) is 15.7. The van der Waals surface area contributed by atoms with Crippen molar-refractivity contribution in [3.05, 3.63) is 28.2 Å². The number of rotatable bonds is 10. The second-order valence-electron chi connectivity index (χ2n) is 4.50. The fourth-order valence-electron chi connectivity index (χ4n) is 2.05. The second kappa shape index (κ2) is 9.62. The Bertz CT molecular complexity index is 469. The molecular weight excluding hydrogens is 355 g/mol. The van der Waals surface area contributed by atoms with Crippen LogP contribution in [0.1, 0.15) is 32.8 Å². The van der Waals surface area contributed by atoms with E-state index in [1.807, 2.05) is 32.9 Å². The van der Waals surface area contributed by atoms with Crippen molar-refractivity contribution in [2.45, 2.75) is 33.6 Å². The lowest BCUT2D eigenvalue weighted by atomic mass is 10.1. The first-order valence-corrected chi connectivity index (χ1v) is 9.85. The van der Waals surface area contributed by atoms with Gasteiger partial charge in [0.1, 0.15) is 5.75 Å². The van der Waals surface area contributed by atoms with E-state index in [2.05, 4.69) is 22.0 Å². The number of hydrogen-bond acceptors (Lipinski definition) is 4. The van der Waals surface area contributed by atoms with E-state index in [9.17, 15) is 4.57 Å². The van der Waals surface area contributed by atoms with E-state index in [0.717, 1.165) is 28.6 Å². The lowest BCUT2D eigenvalue weighted by Gasteiger charge is -2.16. The van der Waals surface area contributed by atoms with E-state index >= 15 is 0 Å². The van der Waals surface area contributed by atoms with E-state index in [4.69, 9.17) is 13.8 Å². The van der Waals surface area contributed by atoms with E-state index in [1.165, 1.54) is 0 Å². The van der Waals surface area contributed by atoms with Gasteiger partial charge < -0.3 is 13.8 Å². The summed E-state index contributed by atoms with van der Waals surface area (Å²) in [5, 5.41) is 0. The Morgan fingerprint density at radius 3 is 2.29 bits per heavy atom. The summed E-state index contributed by atoms with van der Waals surface area (Å²) in [6.07, 6.45) is 1.99. The van der Waals surface area contributed by atoms with Crippen molar-refractivity contribution >= 4 is 23.5 Å². The van der Waals surface area contributed by atoms with Crippen LogP contribution in [0.3, 0.4) is 0 Å². The van der Waals surface area contributed by atoms with Gasteiger partial charge in [-0.25, -0.2) is 0 Å². The molecule has 0 aliphatic heterocycles. The van der Waals surface area contributed by atoms with Gasteiger partial charge in [0.2, 0.25) is 0 Å². The molecule has 0 saturated carbocycles. The molecule has 0 aliphatic carbocycles. The fraction of sp³-hybridized carbons (Fsp3) is 0.600. The van der Waals surface area contributed by atoms with E-state index < -0.39 is 7.60 Å². The quantitative estimate of drug-likeness (QED) is 0.534. The van der Waals surface area contributed by atoms with Gasteiger partial charge in [-0.15, -0.1) is 0 Å². The molecule has 0 radical (unpaired) electrons. The third-order valence-corrected chi connectivity index (χ3v) is 5.42. The molecule has 0 aliphatic rings. The Hall–Kier alpha value is -0.350. The van der Waals surface area contributed by atoms with Crippen LogP contribution in [0.4, 0.5) is 0 Å². The Morgan fingerprint density at radius 2 is 1.71 bits per heavy atom. The van der Waals surface area contributed by atoms with Crippen molar-refractivity contribution in [2.75, 3.05) is 26.0 Å². The van der Waals surface area contributed by atoms with Crippen LogP contribution in [-0.4, -0.2) is 26.0 Å². The third kappa shape index (κ3) is 6.96. The summed E-state index contributed by atoms with van der Waals surface area (Å²) in [4.78, 5) is 0. The minimum atomic E-state index is -2.94. The Kier molecular flexibility index (Phi) is 8.57. The molecule has 0 amide bonds. The van der Waals surface area contributed by atoms with Crippen molar-refractivity contribution in [2.24, 2.45) is 0 Å². The standard InChI is InChI=1S/C15H24BrO4P/c1-4-18-15-11-13(10-14(16)12-15)8-7-9-21(17,19-5-2)20-6-3/h10-12H,4-9H2,1-3H3. The summed E-state index contributed by atoms with van der Waals surface area (Å²) >= 11 is 3.48. The molecule has 0 aromatic heterocycles. The predicted octanol–water partition coefficient (Wildman–Crippen LogP) is 5.05. The van der Waals surface area contributed by atoms with Gasteiger partial charge in [0.05, 0.1) is 26.0 Å². The molecule has 1 aromatic carbocycles. The van der Waals surface area contributed by atoms with E-state index in [0.29, 0.717) is 26.0 Å². The molecule has 120 valence electrons. The van der Waals surface area contributed by atoms with Crippen LogP contribution in [0.5, 0.6) is 5.75 Å². The summed E-state index contributed by atoms with van der Waals surface area (Å²) in [5.74, 6) is 0.847. The van der Waals surface area contributed by atoms with Crippen LogP contribution in [0.25, 0.3) is 0 Å². The predicted molar refractivity (Wildman–Crippen MR) is 89.4 cm³/mol. The molecule has 21 heavy (non-hydrogen) atoms. The molecule has 0 unspecified atom stereocenters. The largest absolute Gasteiger partial charge is 0.494 e. The molecule has 4 nitrogen and oxygen atoms in total. The maximum Gasteiger partial charge on any atom is 0.330 e. The van der Waals surface area contributed by atoms with Gasteiger partial charge in [0, 0.05) is 4.47 Å². The Labute approximate surface area is 135 Å². The Morgan fingerprint density at radius 1 is 1.05 bits per heavy atom. The Balaban J connectivity index is 2.60. The summed E-state index contributed by atoms with van der Waals surface area (Å²) < 4.78 is 29.5. The average Bonchev–Trinajstić information content (AvgIpc) is 2.39. The molecule has 6 heteroatoms. The molecule has 1 aromatic rings. The average molecular weight is 379 g/mol. The SMILES string of the molecule is CCOc1cc(Br)cc(CCCP(=O)(OCC)OCC)c1. The van der Waals surface area contributed by atoms with Gasteiger partial charge in [0.25, 0.3) is 0 Å². The van der Waals surface area contributed by atoms with Gasteiger partial charge in [-0.1, -0.05) is 15.9 Å². The third-order valence-electron chi connectivity index (χ3n) is 2.79. The fourth-order valence-corrected chi connectivity index (χ4v) is 4.24. The summed E-state index contributed by atoms with van der Waals surface area (Å²) in [6, 6.07) is 6.01. The van der Waals surface area contributed by atoms with Gasteiger partial charge in [-0.2, -0.15) is 0 Å². The first-order valence-electron chi connectivity index (χ1n) is 7.33. The molecule has 0 N–H and O–H groups in total. The maximum atomic E-state index is 12.4. The van der Waals surface area contributed by atoms with Crippen LogP contribution in [0.15, 0.2) is 22.7 Å². The summed E-state index contributed by atoms with van der Waals surface area (Å²) in [7, 11) is -2.94. The summed E-state index contributed by atoms with van der Waals surface area (Å²) in [6.45, 7) is 7.06. The molecule has 0 saturated heterocycles. The monoisotopic (exact) mass is 378 g/mol. The molecular formula is C15H24BrO4P. The highest BCUT2D eigenvalue weighted by molar-refractivity contribution is 9.10. The first kappa shape index (κ1) is 18.7. The first-order chi connectivity index (χ1) is 10.0.